The number of aryl methyl sites for hydroxylation is 1. The zero-order valence-corrected chi connectivity index (χ0v) is 14.2. The average molecular weight is 291 g/mol. The SMILES string of the molecule is CC(NC(C)(C)CCc1ccccc1)C(=O)OC(C)(C)C. The van der Waals surface area contributed by atoms with Gasteiger partial charge in [-0.3, -0.25) is 10.1 Å². The van der Waals surface area contributed by atoms with Crippen LogP contribution in [0.3, 0.4) is 0 Å². The van der Waals surface area contributed by atoms with Crippen molar-refractivity contribution in [2.24, 2.45) is 0 Å². The smallest absolute Gasteiger partial charge is 0.323 e. The summed E-state index contributed by atoms with van der Waals surface area (Å²) < 4.78 is 5.41. The molecular weight excluding hydrogens is 262 g/mol. The van der Waals surface area contributed by atoms with Crippen LogP contribution in [-0.4, -0.2) is 23.2 Å². The van der Waals surface area contributed by atoms with E-state index >= 15 is 0 Å². The number of hydrogen-bond donors (Lipinski definition) is 1. The van der Waals surface area contributed by atoms with Crippen LogP contribution in [0.15, 0.2) is 30.3 Å². The number of benzene rings is 1. The van der Waals surface area contributed by atoms with Crippen molar-refractivity contribution in [3.63, 3.8) is 0 Å². The van der Waals surface area contributed by atoms with Crippen LogP contribution in [0.5, 0.6) is 0 Å². The average Bonchev–Trinajstić information content (AvgIpc) is 2.35. The molecule has 0 spiro atoms. The number of nitrogens with one attached hydrogen (secondary N) is 1. The van der Waals surface area contributed by atoms with Crippen molar-refractivity contribution in [3.05, 3.63) is 35.9 Å². The van der Waals surface area contributed by atoms with Gasteiger partial charge in [0.25, 0.3) is 0 Å². The molecule has 1 rings (SSSR count). The van der Waals surface area contributed by atoms with Gasteiger partial charge in [0.2, 0.25) is 0 Å². The van der Waals surface area contributed by atoms with E-state index < -0.39 is 5.60 Å². The number of rotatable bonds is 6. The molecule has 0 saturated carbocycles. The molecule has 21 heavy (non-hydrogen) atoms. The van der Waals surface area contributed by atoms with Crippen LogP contribution in [0.1, 0.15) is 53.5 Å². The lowest BCUT2D eigenvalue weighted by molar-refractivity contribution is -0.157. The Hall–Kier alpha value is -1.35. The summed E-state index contributed by atoms with van der Waals surface area (Å²) in [5.41, 5.74) is 0.755. The van der Waals surface area contributed by atoms with Crippen molar-refractivity contribution in [2.45, 2.75) is 71.6 Å². The maximum absolute atomic E-state index is 12.0. The lowest BCUT2D eigenvalue weighted by atomic mass is 9.94. The van der Waals surface area contributed by atoms with Crippen LogP contribution in [0, 0.1) is 0 Å². The van der Waals surface area contributed by atoms with Gasteiger partial charge in [0.05, 0.1) is 0 Å². The molecule has 0 saturated heterocycles. The van der Waals surface area contributed by atoms with E-state index in [2.05, 4.69) is 43.4 Å². The van der Waals surface area contributed by atoms with E-state index in [0.717, 1.165) is 12.8 Å². The minimum absolute atomic E-state index is 0.119. The van der Waals surface area contributed by atoms with Gasteiger partial charge in [0, 0.05) is 5.54 Å². The topological polar surface area (TPSA) is 38.3 Å². The fourth-order valence-electron chi connectivity index (χ4n) is 2.21. The number of carbonyl (C=O) groups is 1. The van der Waals surface area contributed by atoms with Gasteiger partial charge in [0.15, 0.2) is 0 Å². The van der Waals surface area contributed by atoms with Gasteiger partial charge in [-0.2, -0.15) is 0 Å². The Morgan fingerprint density at radius 3 is 2.24 bits per heavy atom. The number of hydrogen-bond acceptors (Lipinski definition) is 3. The molecule has 3 nitrogen and oxygen atoms in total. The second-order valence-corrected chi connectivity index (χ2v) is 7.27. The van der Waals surface area contributed by atoms with Crippen molar-refractivity contribution in [1.82, 2.24) is 5.32 Å². The van der Waals surface area contributed by atoms with Crippen molar-refractivity contribution < 1.29 is 9.53 Å². The summed E-state index contributed by atoms with van der Waals surface area (Å²) >= 11 is 0. The zero-order valence-electron chi connectivity index (χ0n) is 14.2. The Kier molecular flexibility index (Phi) is 5.97. The molecule has 1 aromatic rings. The second kappa shape index (κ2) is 7.08. The molecule has 0 amide bonds. The summed E-state index contributed by atoms with van der Waals surface area (Å²) in [5, 5.41) is 3.37. The third kappa shape index (κ3) is 7.28. The summed E-state index contributed by atoms with van der Waals surface area (Å²) in [6.45, 7) is 11.8. The summed E-state index contributed by atoms with van der Waals surface area (Å²) in [6, 6.07) is 10.1. The van der Waals surface area contributed by atoms with Crippen molar-refractivity contribution in [1.29, 1.82) is 0 Å². The molecule has 0 aromatic heterocycles. The second-order valence-electron chi connectivity index (χ2n) is 7.27. The molecule has 0 bridgehead atoms. The third-order valence-corrected chi connectivity index (χ3v) is 3.25. The van der Waals surface area contributed by atoms with E-state index in [-0.39, 0.29) is 17.6 Å². The molecule has 3 heteroatoms. The Morgan fingerprint density at radius 2 is 1.71 bits per heavy atom. The van der Waals surface area contributed by atoms with Crippen LogP contribution < -0.4 is 5.32 Å². The molecule has 1 atom stereocenters. The van der Waals surface area contributed by atoms with Gasteiger partial charge in [-0.15, -0.1) is 0 Å². The molecule has 0 radical (unpaired) electrons. The maximum Gasteiger partial charge on any atom is 0.323 e. The molecule has 1 aromatic carbocycles. The van der Waals surface area contributed by atoms with Crippen LogP contribution in [-0.2, 0) is 16.0 Å². The van der Waals surface area contributed by atoms with E-state index in [1.165, 1.54) is 5.56 Å². The van der Waals surface area contributed by atoms with Crippen molar-refractivity contribution in [2.75, 3.05) is 0 Å². The normalized spacial score (nSPS) is 13.8. The molecule has 0 fully saturated rings. The predicted molar refractivity (Wildman–Crippen MR) is 87.3 cm³/mol. The summed E-state index contributed by atoms with van der Waals surface area (Å²) in [5.74, 6) is -0.199. The predicted octanol–water partition coefficient (Wildman–Crippen LogP) is 3.72. The Labute approximate surface area is 129 Å². The molecule has 118 valence electrons. The van der Waals surface area contributed by atoms with Crippen molar-refractivity contribution in [3.8, 4) is 0 Å². The minimum atomic E-state index is -0.443. The molecular formula is C18H29NO2. The maximum atomic E-state index is 12.0. The first-order valence-electron chi connectivity index (χ1n) is 7.63. The molecule has 0 aliphatic heterocycles. The molecule has 0 aliphatic carbocycles. The monoisotopic (exact) mass is 291 g/mol. The Bertz CT molecular complexity index is 446. The van der Waals surface area contributed by atoms with Crippen molar-refractivity contribution >= 4 is 5.97 Å². The van der Waals surface area contributed by atoms with Crippen LogP contribution in [0.4, 0.5) is 0 Å². The zero-order chi connectivity index (χ0) is 16.1. The first-order valence-corrected chi connectivity index (χ1v) is 7.63. The first kappa shape index (κ1) is 17.7. The quantitative estimate of drug-likeness (QED) is 0.812. The Balaban J connectivity index is 2.49. The van der Waals surface area contributed by atoms with Gasteiger partial charge in [-0.25, -0.2) is 0 Å². The van der Waals surface area contributed by atoms with E-state index in [9.17, 15) is 4.79 Å². The van der Waals surface area contributed by atoms with E-state index in [1.807, 2.05) is 33.8 Å². The highest BCUT2D eigenvalue weighted by molar-refractivity contribution is 5.75. The minimum Gasteiger partial charge on any atom is -0.459 e. The van der Waals surface area contributed by atoms with Gasteiger partial charge in [-0.05, 0) is 59.9 Å². The fourth-order valence-corrected chi connectivity index (χ4v) is 2.21. The summed E-state index contributed by atoms with van der Waals surface area (Å²) in [7, 11) is 0. The highest BCUT2D eigenvalue weighted by atomic mass is 16.6. The highest BCUT2D eigenvalue weighted by Gasteiger charge is 2.27. The first-order chi connectivity index (χ1) is 9.59. The molecule has 0 aliphatic rings. The Morgan fingerprint density at radius 1 is 1.14 bits per heavy atom. The highest BCUT2D eigenvalue weighted by Crippen LogP contribution is 2.16. The van der Waals surface area contributed by atoms with Gasteiger partial charge in [0.1, 0.15) is 11.6 Å². The van der Waals surface area contributed by atoms with Gasteiger partial charge >= 0.3 is 5.97 Å². The van der Waals surface area contributed by atoms with E-state index in [4.69, 9.17) is 4.74 Å². The number of ether oxygens (including phenoxy) is 1. The largest absolute Gasteiger partial charge is 0.459 e. The van der Waals surface area contributed by atoms with Crippen LogP contribution >= 0.6 is 0 Å². The van der Waals surface area contributed by atoms with E-state index in [1.54, 1.807) is 0 Å². The van der Waals surface area contributed by atoms with E-state index in [0.29, 0.717) is 0 Å². The van der Waals surface area contributed by atoms with Crippen LogP contribution in [0.25, 0.3) is 0 Å². The number of esters is 1. The molecule has 1 N–H and O–H groups in total. The summed E-state index contributed by atoms with van der Waals surface area (Å²) in [4.78, 5) is 12.0. The van der Waals surface area contributed by atoms with Gasteiger partial charge in [-0.1, -0.05) is 30.3 Å². The third-order valence-electron chi connectivity index (χ3n) is 3.25. The summed E-state index contributed by atoms with van der Waals surface area (Å²) in [6.07, 6.45) is 1.95. The molecule has 0 heterocycles. The lowest BCUT2D eigenvalue weighted by Crippen LogP contribution is -2.50. The van der Waals surface area contributed by atoms with Crippen LogP contribution in [0.2, 0.25) is 0 Å². The van der Waals surface area contributed by atoms with Gasteiger partial charge < -0.3 is 4.74 Å². The lowest BCUT2D eigenvalue weighted by Gasteiger charge is -2.31. The standard InChI is InChI=1S/C18H29NO2/c1-14(16(20)21-17(2,3)4)19-18(5,6)13-12-15-10-8-7-9-11-15/h7-11,14,19H,12-13H2,1-6H3. The fraction of sp³-hybridized carbons (Fsp3) is 0.611. The number of carbonyl (C=O) groups excluding carboxylic acids is 1. The molecule has 1 unspecified atom stereocenters.